The summed E-state index contributed by atoms with van der Waals surface area (Å²) in [4.78, 5) is 0. The minimum Gasteiger partial charge on any atom is -0.388 e. The van der Waals surface area contributed by atoms with Crippen molar-refractivity contribution >= 4 is 5.69 Å². The summed E-state index contributed by atoms with van der Waals surface area (Å²) in [5, 5.41) is 6.46. The van der Waals surface area contributed by atoms with Crippen molar-refractivity contribution in [3.8, 4) is 0 Å². The highest BCUT2D eigenvalue weighted by Crippen LogP contribution is 2.18. The van der Waals surface area contributed by atoms with Crippen LogP contribution in [0, 0.1) is 0 Å². The van der Waals surface area contributed by atoms with Gasteiger partial charge in [-0.05, 0) is 43.7 Å². The Labute approximate surface area is 127 Å². The van der Waals surface area contributed by atoms with Gasteiger partial charge in [-0.25, -0.2) is 0 Å². The molecule has 0 radical (unpaired) electrons. The van der Waals surface area contributed by atoms with E-state index in [4.69, 9.17) is 5.73 Å². The number of rotatable bonds is 8. The summed E-state index contributed by atoms with van der Waals surface area (Å²) < 4.78 is 0. The molecular weight excluding hydrogens is 258 g/mol. The average Bonchev–Trinajstić information content (AvgIpc) is 2.50. The van der Waals surface area contributed by atoms with Gasteiger partial charge in [-0.1, -0.05) is 37.4 Å². The second kappa shape index (κ2) is 8.82. The van der Waals surface area contributed by atoms with Gasteiger partial charge in [0.05, 0.1) is 0 Å². The molecule has 0 aliphatic heterocycles. The summed E-state index contributed by atoms with van der Waals surface area (Å²) in [6, 6.07) is 8.28. The maximum Gasteiger partial charge on any atom is 0.0475 e. The maximum atomic E-state index is 5.57. The topological polar surface area (TPSA) is 50.1 Å². The molecule has 3 heteroatoms. The van der Waals surface area contributed by atoms with E-state index < -0.39 is 0 Å². The third-order valence-electron chi connectivity index (χ3n) is 3.12. The molecule has 0 spiro atoms. The molecule has 0 unspecified atom stereocenters. The monoisotopic (exact) mass is 283 g/mol. The van der Waals surface area contributed by atoms with Crippen LogP contribution >= 0.6 is 0 Å². The van der Waals surface area contributed by atoms with Crippen molar-refractivity contribution in [2.45, 2.75) is 13.3 Å². The number of allylic oxidation sites excluding steroid dienone is 3. The van der Waals surface area contributed by atoms with Crippen molar-refractivity contribution in [3.63, 3.8) is 0 Å². The molecule has 0 aliphatic carbocycles. The first-order valence-corrected chi connectivity index (χ1v) is 7.08. The van der Waals surface area contributed by atoms with Gasteiger partial charge in [0, 0.05) is 29.7 Å². The molecule has 112 valence electrons. The lowest BCUT2D eigenvalue weighted by Gasteiger charge is -2.14. The Morgan fingerprint density at radius 3 is 2.43 bits per heavy atom. The van der Waals surface area contributed by atoms with Gasteiger partial charge < -0.3 is 16.4 Å². The van der Waals surface area contributed by atoms with Crippen LogP contribution in [-0.4, -0.2) is 13.6 Å². The normalized spacial score (nSPS) is 12.0. The second-order valence-corrected chi connectivity index (χ2v) is 4.62. The third kappa shape index (κ3) is 4.97. The predicted molar refractivity (Wildman–Crippen MR) is 93.1 cm³/mol. The fourth-order valence-electron chi connectivity index (χ4n) is 1.97. The summed E-state index contributed by atoms with van der Waals surface area (Å²) in [5.74, 6) is 0. The van der Waals surface area contributed by atoms with Gasteiger partial charge in [0.2, 0.25) is 0 Å². The van der Waals surface area contributed by atoms with Gasteiger partial charge in [0.15, 0.2) is 0 Å². The van der Waals surface area contributed by atoms with Crippen LogP contribution in [0.15, 0.2) is 72.6 Å². The molecule has 0 fully saturated rings. The van der Waals surface area contributed by atoms with Crippen LogP contribution in [0.25, 0.3) is 0 Å². The zero-order valence-corrected chi connectivity index (χ0v) is 12.9. The summed E-state index contributed by atoms with van der Waals surface area (Å²) in [6.45, 7) is 10.5. The highest BCUT2D eigenvalue weighted by atomic mass is 14.9. The number of nitrogens with two attached hydrogens (primary N) is 1. The van der Waals surface area contributed by atoms with Crippen LogP contribution in [0.5, 0.6) is 0 Å². The fourth-order valence-corrected chi connectivity index (χ4v) is 1.97. The van der Waals surface area contributed by atoms with E-state index in [0.29, 0.717) is 6.54 Å². The van der Waals surface area contributed by atoms with Crippen molar-refractivity contribution < 1.29 is 0 Å². The largest absolute Gasteiger partial charge is 0.388 e. The number of likely N-dealkylation sites (N-methyl/N-ethyl adjacent to an activating group) is 1. The van der Waals surface area contributed by atoms with E-state index in [-0.39, 0.29) is 0 Å². The molecule has 0 atom stereocenters. The zero-order chi connectivity index (χ0) is 15.7. The SMILES string of the molecule is C=C/C(C(=C)NC)=C(\C=C/C)Nc1ccc(CCN)cc1. The van der Waals surface area contributed by atoms with Crippen LogP contribution in [0.1, 0.15) is 12.5 Å². The lowest BCUT2D eigenvalue weighted by atomic mass is 10.1. The molecule has 1 rings (SSSR count). The lowest BCUT2D eigenvalue weighted by molar-refractivity contribution is 0.969. The Morgan fingerprint density at radius 2 is 1.95 bits per heavy atom. The Balaban J connectivity index is 3.05. The van der Waals surface area contributed by atoms with Crippen molar-refractivity contribution in [1.29, 1.82) is 0 Å². The minimum absolute atomic E-state index is 0.666. The van der Waals surface area contributed by atoms with E-state index >= 15 is 0 Å². The third-order valence-corrected chi connectivity index (χ3v) is 3.12. The van der Waals surface area contributed by atoms with E-state index in [9.17, 15) is 0 Å². The molecule has 0 saturated heterocycles. The minimum atomic E-state index is 0.666. The van der Waals surface area contributed by atoms with Crippen LogP contribution in [0.3, 0.4) is 0 Å². The van der Waals surface area contributed by atoms with Gasteiger partial charge in [-0.3, -0.25) is 0 Å². The van der Waals surface area contributed by atoms with Crippen LogP contribution in [-0.2, 0) is 6.42 Å². The summed E-state index contributed by atoms with van der Waals surface area (Å²) in [5.41, 5.74) is 10.6. The van der Waals surface area contributed by atoms with Crippen LogP contribution in [0.2, 0.25) is 0 Å². The van der Waals surface area contributed by atoms with Crippen LogP contribution in [0.4, 0.5) is 5.69 Å². The molecule has 0 saturated carbocycles. The number of anilines is 1. The predicted octanol–water partition coefficient (Wildman–Crippen LogP) is 3.35. The highest BCUT2D eigenvalue weighted by molar-refractivity contribution is 5.57. The number of nitrogens with one attached hydrogen (secondary N) is 2. The molecule has 0 amide bonds. The Bertz CT molecular complexity index is 536. The van der Waals surface area contributed by atoms with E-state index in [1.54, 1.807) is 6.08 Å². The highest BCUT2D eigenvalue weighted by Gasteiger charge is 2.05. The summed E-state index contributed by atoms with van der Waals surface area (Å²) in [6.07, 6.45) is 6.68. The van der Waals surface area contributed by atoms with E-state index in [2.05, 4.69) is 48.1 Å². The zero-order valence-electron chi connectivity index (χ0n) is 12.9. The molecule has 0 heterocycles. The van der Waals surface area contributed by atoms with Crippen molar-refractivity contribution in [2.24, 2.45) is 5.73 Å². The molecular formula is C18H25N3. The van der Waals surface area contributed by atoms with Crippen LogP contribution < -0.4 is 16.4 Å². The standard InChI is InChI=1S/C18H25N3/c1-5-7-18(17(6-2)14(3)20-4)21-16-10-8-15(9-11-16)12-13-19/h5-11,20-21H,2-3,12-13,19H2,1,4H3/b7-5-,18-17-. The molecule has 0 aliphatic rings. The van der Waals surface area contributed by atoms with E-state index in [1.807, 2.05) is 26.1 Å². The van der Waals surface area contributed by atoms with E-state index in [1.165, 1.54) is 5.56 Å². The molecule has 0 bridgehead atoms. The van der Waals surface area contributed by atoms with Gasteiger partial charge in [0.1, 0.15) is 0 Å². The quantitative estimate of drug-likeness (QED) is 0.641. The number of benzene rings is 1. The Hall–Kier alpha value is -2.26. The van der Waals surface area contributed by atoms with Crippen molar-refractivity contribution in [2.75, 3.05) is 18.9 Å². The van der Waals surface area contributed by atoms with Crippen molar-refractivity contribution in [3.05, 3.63) is 78.2 Å². The lowest BCUT2D eigenvalue weighted by Crippen LogP contribution is -2.10. The smallest absolute Gasteiger partial charge is 0.0475 e. The van der Waals surface area contributed by atoms with Gasteiger partial charge in [0.25, 0.3) is 0 Å². The first-order chi connectivity index (χ1) is 10.2. The van der Waals surface area contributed by atoms with Gasteiger partial charge in [-0.15, -0.1) is 0 Å². The van der Waals surface area contributed by atoms with E-state index in [0.717, 1.165) is 29.1 Å². The first-order valence-electron chi connectivity index (χ1n) is 7.08. The molecule has 0 aromatic heterocycles. The molecule has 4 N–H and O–H groups in total. The van der Waals surface area contributed by atoms with Gasteiger partial charge >= 0.3 is 0 Å². The first kappa shape index (κ1) is 16.8. The fraction of sp³-hybridized carbons (Fsp3) is 0.222. The second-order valence-electron chi connectivity index (χ2n) is 4.62. The molecule has 1 aromatic rings. The average molecular weight is 283 g/mol. The number of hydrogen-bond donors (Lipinski definition) is 3. The van der Waals surface area contributed by atoms with Gasteiger partial charge in [-0.2, -0.15) is 0 Å². The summed E-state index contributed by atoms with van der Waals surface area (Å²) in [7, 11) is 1.85. The molecule has 3 nitrogen and oxygen atoms in total. The Morgan fingerprint density at radius 1 is 1.29 bits per heavy atom. The van der Waals surface area contributed by atoms with Crippen molar-refractivity contribution in [1.82, 2.24) is 5.32 Å². The maximum absolute atomic E-state index is 5.57. The molecule has 1 aromatic carbocycles. The summed E-state index contributed by atoms with van der Waals surface area (Å²) >= 11 is 0. The number of hydrogen-bond acceptors (Lipinski definition) is 3. The molecule has 21 heavy (non-hydrogen) atoms. The Kier molecular flexibility index (Phi) is 7.05.